The Morgan fingerprint density at radius 1 is 1.53 bits per heavy atom. The number of hydrogen-bond donors (Lipinski definition) is 1. The van der Waals surface area contributed by atoms with Gasteiger partial charge in [-0.05, 0) is 6.92 Å². The molecule has 0 saturated carbocycles. The number of rotatable bonds is 3. The topological polar surface area (TPSA) is 66.5 Å². The van der Waals surface area contributed by atoms with Crippen LogP contribution in [0.4, 0.5) is 0 Å². The van der Waals surface area contributed by atoms with Gasteiger partial charge in [0.25, 0.3) is 0 Å². The smallest absolute Gasteiger partial charge is 0.223 e. The van der Waals surface area contributed by atoms with Gasteiger partial charge in [-0.25, -0.2) is 8.42 Å². The summed E-state index contributed by atoms with van der Waals surface area (Å²) in [5.41, 5.74) is 0. The van der Waals surface area contributed by atoms with E-state index < -0.39 is 9.84 Å². The fraction of sp³-hybridized carbons (Fsp3) is 0.889. The second-order valence-corrected chi connectivity index (χ2v) is 6.33. The van der Waals surface area contributed by atoms with Crippen LogP contribution in [0, 0.1) is 0 Å². The van der Waals surface area contributed by atoms with Gasteiger partial charge in [-0.3, -0.25) is 4.79 Å². The Balaban J connectivity index is 2.40. The molecule has 1 saturated heterocycles. The summed E-state index contributed by atoms with van der Waals surface area (Å²) >= 11 is 0. The highest BCUT2D eigenvalue weighted by atomic mass is 32.2. The van der Waals surface area contributed by atoms with Crippen LogP contribution in [0.2, 0.25) is 0 Å². The van der Waals surface area contributed by atoms with E-state index in [0.717, 1.165) is 12.8 Å². The van der Waals surface area contributed by atoms with E-state index >= 15 is 0 Å². The summed E-state index contributed by atoms with van der Waals surface area (Å²) in [5, 5.41) is 3.23. The summed E-state index contributed by atoms with van der Waals surface area (Å²) in [6, 6.07) is 0.293. The van der Waals surface area contributed by atoms with E-state index in [9.17, 15) is 13.2 Å². The molecule has 0 aromatic carbocycles. The van der Waals surface area contributed by atoms with E-state index in [4.69, 9.17) is 0 Å². The first-order valence-electron chi connectivity index (χ1n) is 5.07. The van der Waals surface area contributed by atoms with Crippen molar-refractivity contribution in [3.8, 4) is 0 Å². The van der Waals surface area contributed by atoms with E-state index in [-0.39, 0.29) is 18.1 Å². The molecule has 1 aliphatic heterocycles. The molecule has 1 fully saturated rings. The maximum Gasteiger partial charge on any atom is 0.223 e. The van der Waals surface area contributed by atoms with Crippen molar-refractivity contribution in [2.75, 3.05) is 31.6 Å². The van der Waals surface area contributed by atoms with Crippen LogP contribution in [-0.2, 0) is 14.6 Å². The lowest BCUT2D eigenvalue weighted by atomic mass is 10.2. The van der Waals surface area contributed by atoms with Gasteiger partial charge in [0, 0.05) is 38.4 Å². The third-order valence-electron chi connectivity index (χ3n) is 2.41. The van der Waals surface area contributed by atoms with Gasteiger partial charge in [0.05, 0.1) is 5.75 Å². The SMILES string of the molecule is C[C@H]1CN(C(=O)CCS(C)(=O)=O)CCN1. The molecule has 1 rings (SSSR count). The van der Waals surface area contributed by atoms with E-state index in [1.807, 2.05) is 6.92 Å². The predicted molar refractivity (Wildman–Crippen MR) is 58.4 cm³/mol. The summed E-state index contributed by atoms with van der Waals surface area (Å²) in [6.45, 7) is 4.14. The van der Waals surface area contributed by atoms with Crippen molar-refractivity contribution in [1.29, 1.82) is 0 Å². The average molecular weight is 234 g/mol. The maximum absolute atomic E-state index is 11.6. The first-order chi connectivity index (χ1) is 6.88. The van der Waals surface area contributed by atoms with Gasteiger partial charge >= 0.3 is 0 Å². The Kier molecular flexibility index (Phi) is 4.10. The van der Waals surface area contributed by atoms with E-state index in [1.165, 1.54) is 0 Å². The molecule has 6 heteroatoms. The van der Waals surface area contributed by atoms with Gasteiger partial charge < -0.3 is 10.2 Å². The Hall–Kier alpha value is -0.620. The zero-order chi connectivity index (χ0) is 11.5. The molecule has 1 atom stereocenters. The largest absolute Gasteiger partial charge is 0.340 e. The summed E-state index contributed by atoms with van der Waals surface area (Å²) in [4.78, 5) is 13.4. The number of hydrogen-bond acceptors (Lipinski definition) is 4. The maximum atomic E-state index is 11.6. The van der Waals surface area contributed by atoms with Crippen LogP contribution in [0.1, 0.15) is 13.3 Å². The Morgan fingerprint density at radius 3 is 2.73 bits per heavy atom. The standard InChI is InChI=1S/C9H18N2O3S/c1-8-7-11(5-4-10-8)9(12)3-6-15(2,13)14/h8,10H,3-7H2,1-2H3/t8-/m0/s1. The molecule has 88 valence electrons. The second-order valence-electron chi connectivity index (χ2n) is 4.07. The molecule has 0 unspecified atom stereocenters. The van der Waals surface area contributed by atoms with Crippen LogP contribution >= 0.6 is 0 Å². The number of sulfone groups is 1. The zero-order valence-corrected chi connectivity index (χ0v) is 10.0. The van der Waals surface area contributed by atoms with Crippen LogP contribution in [0.5, 0.6) is 0 Å². The highest BCUT2D eigenvalue weighted by Crippen LogP contribution is 2.02. The normalized spacial score (nSPS) is 22.8. The minimum absolute atomic E-state index is 0.0514. The molecule has 0 aliphatic carbocycles. The minimum Gasteiger partial charge on any atom is -0.340 e. The summed E-state index contributed by atoms with van der Waals surface area (Å²) in [6.07, 6.45) is 1.26. The summed E-state index contributed by atoms with van der Waals surface area (Å²) in [5.74, 6) is -0.113. The highest BCUT2D eigenvalue weighted by Gasteiger charge is 2.20. The molecule has 1 aliphatic rings. The van der Waals surface area contributed by atoms with Crippen molar-refractivity contribution in [3.63, 3.8) is 0 Å². The molecule has 1 heterocycles. The van der Waals surface area contributed by atoms with Crippen molar-refractivity contribution in [3.05, 3.63) is 0 Å². The Morgan fingerprint density at radius 2 is 2.20 bits per heavy atom. The fourth-order valence-electron chi connectivity index (χ4n) is 1.59. The first kappa shape index (κ1) is 12.4. The molecule has 1 amide bonds. The Labute approximate surface area is 90.7 Å². The van der Waals surface area contributed by atoms with Crippen LogP contribution in [-0.4, -0.2) is 56.9 Å². The van der Waals surface area contributed by atoms with Crippen molar-refractivity contribution in [1.82, 2.24) is 10.2 Å². The molecule has 0 aromatic rings. The second kappa shape index (κ2) is 4.94. The number of piperazine rings is 1. The molecule has 5 nitrogen and oxygen atoms in total. The molecular formula is C9H18N2O3S. The molecule has 1 N–H and O–H groups in total. The van der Waals surface area contributed by atoms with Crippen molar-refractivity contribution >= 4 is 15.7 Å². The number of amides is 1. The van der Waals surface area contributed by atoms with E-state index in [2.05, 4.69) is 5.32 Å². The van der Waals surface area contributed by atoms with Gasteiger partial charge in [-0.2, -0.15) is 0 Å². The van der Waals surface area contributed by atoms with E-state index in [0.29, 0.717) is 19.1 Å². The summed E-state index contributed by atoms with van der Waals surface area (Å²) < 4.78 is 21.8. The van der Waals surface area contributed by atoms with Crippen LogP contribution in [0.25, 0.3) is 0 Å². The molecule has 0 spiro atoms. The zero-order valence-electron chi connectivity index (χ0n) is 9.19. The van der Waals surface area contributed by atoms with Gasteiger partial charge in [-0.15, -0.1) is 0 Å². The lowest BCUT2D eigenvalue weighted by Crippen LogP contribution is -2.51. The third kappa shape index (κ3) is 4.61. The lowest BCUT2D eigenvalue weighted by Gasteiger charge is -2.31. The quantitative estimate of drug-likeness (QED) is 0.697. The van der Waals surface area contributed by atoms with Crippen molar-refractivity contribution in [2.24, 2.45) is 0 Å². The van der Waals surface area contributed by atoms with Crippen molar-refractivity contribution in [2.45, 2.75) is 19.4 Å². The van der Waals surface area contributed by atoms with Crippen LogP contribution in [0.15, 0.2) is 0 Å². The van der Waals surface area contributed by atoms with Crippen LogP contribution in [0.3, 0.4) is 0 Å². The minimum atomic E-state index is -3.03. The van der Waals surface area contributed by atoms with Gasteiger partial charge in [0.15, 0.2) is 0 Å². The fourth-order valence-corrected chi connectivity index (χ4v) is 2.14. The van der Waals surface area contributed by atoms with Crippen molar-refractivity contribution < 1.29 is 13.2 Å². The number of carbonyl (C=O) groups is 1. The van der Waals surface area contributed by atoms with Gasteiger partial charge in [0.1, 0.15) is 9.84 Å². The molecule has 0 aromatic heterocycles. The monoisotopic (exact) mass is 234 g/mol. The van der Waals surface area contributed by atoms with Gasteiger partial charge in [-0.1, -0.05) is 0 Å². The molecule has 15 heavy (non-hydrogen) atoms. The number of carbonyl (C=O) groups excluding carboxylic acids is 1. The summed E-state index contributed by atoms with van der Waals surface area (Å²) in [7, 11) is -3.03. The third-order valence-corrected chi connectivity index (χ3v) is 3.35. The Bertz CT molecular complexity index is 326. The van der Waals surface area contributed by atoms with Crippen LogP contribution < -0.4 is 5.32 Å². The molecular weight excluding hydrogens is 216 g/mol. The number of nitrogens with one attached hydrogen (secondary N) is 1. The van der Waals surface area contributed by atoms with E-state index in [1.54, 1.807) is 4.90 Å². The van der Waals surface area contributed by atoms with Gasteiger partial charge in [0.2, 0.25) is 5.91 Å². The average Bonchev–Trinajstić information content (AvgIpc) is 2.13. The highest BCUT2D eigenvalue weighted by molar-refractivity contribution is 7.90. The number of nitrogens with zero attached hydrogens (tertiary/aromatic N) is 1. The molecule has 0 bridgehead atoms. The molecule has 0 radical (unpaired) electrons. The predicted octanol–water partition coefficient (Wildman–Crippen LogP) is -0.759. The lowest BCUT2D eigenvalue weighted by molar-refractivity contribution is -0.131. The first-order valence-corrected chi connectivity index (χ1v) is 7.13.